The molecule has 2 aromatic rings. The van der Waals surface area contributed by atoms with Crippen molar-refractivity contribution in [2.75, 3.05) is 53.5 Å². The Hall–Kier alpha value is -2.19. The molecule has 164 valence electrons. The lowest BCUT2D eigenvalue weighted by Crippen LogP contribution is -2.47. The molecule has 6 nitrogen and oxygen atoms in total. The van der Waals surface area contributed by atoms with Gasteiger partial charge in [0.15, 0.2) is 11.5 Å². The third kappa shape index (κ3) is 6.95. The van der Waals surface area contributed by atoms with E-state index in [0.717, 1.165) is 37.3 Å². The number of hydrogen-bond donors (Lipinski definition) is 2. The first-order chi connectivity index (χ1) is 14.5. The van der Waals surface area contributed by atoms with Crippen molar-refractivity contribution in [1.29, 1.82) is 0 Å². The topological polar surface area (TPSA) is 57.2 Å². The molecule has 1 aliphatic rings. The second-order valence-corrected chi connectivity index (χ2v) is 7.78. The molecular formula is C23H32FN3O3. The Morgan fingerprint density at radius 3 is 2.37 bits per heavy atom. The normalized spacial score (nSPS) is 16.4. The molecule has 3 rings (SSSR count). The summed E-state index contributed by atoms with van der Waals surface area (Å²) in [4.78, 5) is 4.56. The second kappa shape index (κ2) is 11.3. The smallest absolute Gasteiger partial charge is 0.161 e. The summed E-state index contributed by atoms with van der Waals surface area (Å²) in [6, 6.07) is 12.2. The number of halogens is 1. The van der Waals surface area contributed by atoms with E-state index in [1.54, 1.807) is 19.2 Å². The van der Waals surface area contributed by atoms with Gasteiger partial charge >= 0.3 is 0 Å². The van der Waals surface area contributed by atoms with Crippen molar-refractivity contribution >= 4 is 0 Å². The Bertz CT molecular complexity index is 780. The zero-order chi connectivity index (χ0) is 21.3. The van der Waals surface area contributed by atoms with Crippen molar-refractivity contribution in [3.63, 3.8) is 0 Å². The number of nitrogens with zero attached hydrogens (tertiary/aromatic N) is 2. The minimum Gasteiger partial charge on any atom is -0.493 e. The molecule has 0 saturated carbocycles. The van der Waals surface area contributed by atoms with Crippen molar-refractivity contribution in [3.05, 3.63) is 59.4 Å². The Kier molecular flexibility index (Phi) is 8.45. The van der Waals surface area contributed by atoms with Gasteiger partial charge in [-0.3, -0.25) is 4.90 Å². The van der Waals surface area contributed by atoms with Crippen molar-refractivity contribution in [1.82, 2.24) is 15.1 Å². The average Bonchev–Trinajstić information content (AvgIpc) is 2.75. The predicted molar refractivity (Wildman–Crippen MR) is 115 cm³/mol. The zero-order valence-electron chi connectivity index (χ0n) is 17.8. The highest BCUT2D eigenvalue weighted by Gasteiger charge is 2.18. The highest BCUT2D eigenvalue weighted by atomic mass is 19.1. The van der Waals surface area contributed by atoms with Gasteiger partial charge in [-0.2, -0.15) is 0 Å². The van der Waals surface area contributed by atoms with Gasteiger partial charge < -0.3 is 24.8 Å². The molecule has 0 unspecified atom stereocenters. The van der Waals surface area contributed by atoms with Crippen molar-refractivity contribution in [2.24, 2.45) is 0 Å². The number of benzene rings is 2. The summed E-state index contributed by atoms with van der Waals surface area (Å²) in [5, 5.41) is 13.7. The first-order valence-corrected chi connectivity index (χ1v) is 10.4. The van der Waals surface area contributed by atoms with Crippen LogP contribution in [0, 0.1) is 5.82 Å². The molecule has 1 saturated heterocycles. The standard InChI is InChI=1S/C23H32FN3O3/c1-26-9-11-27(12-10-26)16-21(28)17-30-23-13-19(5-8-22(23)29-2)15-25-14-18-3-6-20(24)7-4-18/h3-8,13,21,25,28H,9-12,14-17H2,1-2H3/t21-/m1/s1. The summed E-state index contributed by atoms with van der Waals surface area (Å²) in [5.74, 6) is 1.03. The number of rotatable bonds is 10. The molecule has 0 amide bonds. The van der Waals surface area contributed by atoms with E-state index in [1.165, 1.54) is 12.1 Å². The van der Waals surface area contributed by atoms with E-state index in [-0.39, 0.29) is 12.4 Å². The van der Waals surface area contributed by atoms with Crippen LogP contribution in [0.2, 0.25) is 0 Å². The molecule has 0 aliphatic carbocycles. The van der Waals surface area contributed by atoms with Crippen LogP contribution in [0.3, 0.4) is 0 Å². The van der Waals surface area contributed by atoms with E-state index in [0.29, 0.717) is 31.1 Å². The number of piperazine rings is 1. The summed E-state index contributed by atoms with van der Waals surface area (Å²) in [7, 11) is 3.72. The third-order valence-electron chi connectivity index (χ3n) is 5.30. The highest BCUT2D eigenvalue weighted by molar-refractivity contribution is 5.43. The van der Waals surface area contributed by atoms with Crippen LogP contribution >= 0.6 is 0 Å². The van der Waals surface area contributed by atoms with Gasteiger partial charge in [-0.15, -0.1) is 0 Å². The Labute approximate surface area is 178 Å². The van der Waals surface area contributed by atoms with Gasteiger partial charge in [0.05, 0.1) is 7.11 Å². The number of aliphatic hydroxyl groups excluding tert-OH is 1. The Morgan fingerprint density at radius 1 is 1.00 bits per heavy atom. The van der Waals surface area contributed by atoms with Gasteiger partial charge in [0.1, 0.15) is 18.5 Å². The van der Waals surface area contributed by atoms with Crippen LogP contribution in [0.1, 0.15) is 11.1 Å². The van der Waals surface area contributed by atoms with Crippen molar-refractivity contribution < 1.29 is 19.0 Å². The minimum atomic E-state index is -0.557. The molecule has 2 N–H and O–H groups in total. The fraction of sp³-hybridized carbons (Fsp3) is 0.478. The lowest BCUT2D eigenvalue weighted by molar-refractivity contribution is 0.0498. The van der Waals surface area contributed by atoms with Gasteiger partial charge in [0.2, 0.25) is 0 Å². The van der Waals surface area contributed by atoms with Crippen molar-refractivity contribution in [3.8, 4) is 11.5 Å². The Balaban J connectivity index is 1.49. The van der Waals surface area contributed by atoms with Crippen LogP contribution in [-0.2, 0) is 13.1 Å². The molecule has 0 radical (unpaired) electrons. The van der Waals surface area contributed by atoms with E-state index in [2.05, 4.69) is 22.2 Å². The molecule has 1 aliphatic heterocycles. The van der Waals surface area contributed by atoms with Gasteiger partial charge in [-0.1, -0.05) is 18.2 Å². The SMILES string of the molecule is COc1ccc(CNCc2ccc(F)cc2)cc1OC[C@H](O)CN1CCN(C)CC1. The highest BCUT2D eigenvalue weighted by Crippen LogP contribution is 2.28. The monoisotopic (exact) mass is 417 g/mol. The number of β-amino-alcohol motifs (C(OH)–C–C–N with tert-alkyl or cyclic N) is 1. The number of nitrogens with one attached hydrogen (secondary N) is 1. The largest absolute Gasteiger partial charge is 0.493 e. The number of ether oxygens (including phenoxy) is 2. The number of aliphatic hydroxyl groups is 1. The third-order valence-corrected chi connectivity index (χ3v) is 5.30. The molecule has 2 aromatic carbocycles. The van der Waals surface area contributed by atoms with E-state index in [9.17, 15) is 9.50 Å². The molecule has 1 heterocycles. The molecule has 0 spiro atoms. The first-order valence-electron chi connectivity index (χ1n) is 10.4. The fourth-order valence-electron chi connectivity index (χ4n) is 3.46. The van der Waals surface area contributed by atoms with Crippen LogP contribution in [0.15, 0.2) is 42.5 Å². The minimum absolute atomic E-state index is 0.217. The molecule has 1 atom stereocenters. The maximum absolute atomic E-state index is 13.0. The van der Waals surface area contributed by atoms with Gasteiger partial charge in [-0.25, -0.2) is 4.39 Å². The lowest BCUT2D eigenvalue weighted by atomic mass is 10.2. The van der Waals surface area contributed by atoms with Crippen LogP contribution in [0.25, 0.3) is 0 Å². The fourth-order valence-corrected chi connectivity index (χ4v) is 3.46. The zero-order valence-corrected chi connectivity index (χ0v) is 17.8. The quantitative estimate of drug-likeness (QED) is 0.618. The van der Waals surface area contributed by atoms with E-state index in [1.807, 2.05) is 18.2 Å². The molecule has 7 heteroatoms. The lowest BCUT2D eigenvalue weighted by Gasteiger charge is -2.33. The maximum atomic E-state index is 13.0. The van der Waals surface area contributed by atoms with Gasteiger partial charge in [-0.05, 0) is 42.4 Å². The maximum Gasteiger partial charge on any atom is 0.161 e. The summed E-state index contributed by atoms with van der Waals surface area (Å²) in [6.45, 7) is 6.08. The summed E-state index contributed by atoms with van der Waals surface area (Å²) in [5.41, 5.74) is 2.06. The Morgan fingerprint density at radius 2 is 1.67 bits per heavy atom. The van der Waals surface area contributed by atoms with Crippen LogP contribution in [0.4, 0.5) is 4.39 Å². The molecule has 0 aromatic heterocycles. The first kappa shape index (κ1) is 22.5. The van der Waals surface area contributed by atoms with Crippen LogP contribution < -0.4 is 14.8 Å². The number of likely N-dealkylation sites (N-methyl/N-ethyl adjacent to an activating group) is 1. The van der Waals surface area contributed by atoms with Crippen LogP contribution in [0.5, 0.6) is 11.5 Å². The molecule has 30 heavy (non-hydrogen) atoms. The summed E-state index contributed by atoms with van der Waals surface area (Å²) < 4.78 is 24.3. The van der Waals surface area contributed by atoms with Crippen LogP contribution in [-0.4, -0.2) is 74.5 Å². The second-order valence-electron chi connectivity index (χ2n) is 7.78. The van der Waals surface area contributed by atoms with E-state index >= 15 is 0 Å². The summed E-state index contributed by atoms with van der Waals surface area (Å²) >= 11 is 0. The average molecular weight is 418 g/mol. The molecular weight excluding hydrogens is 385 g/mol. The van der Waals surface area contributed by atoms with Gasteiger partial charge in [0, 0.05) is 45.8 Å². The van der Waals surface area contributed by atoms with Gasteiger partial charge in [0.25, 0.3) is 0 Å². The summed E-state index contributed by atoms with van der Waals surface area (Å²) in [6.07, 6.45) is -0.557. The van der Waals surface area contributed by atoms with E-state index < -0.39 is 6.10 Å². The number of hydrogen-bond acceptors (Lipinski definition) is 6. The molecule has 0 bridgehead atoms. The number of methoxy groups -OCH3 is 1. The van der Waals surface area contributed by atoms with Crippen molar-refractivity contribution in [2.45, 2.75) is 19.2 Å². The molecule has 1 fully saturated rings. The van der Waals surface area contributed by atoms with E-state index in [4.69, 9.17) is 9.47 Å². The predicted octanol–water partition coefficient (Wildman–Crippen LogP) is 2.11.